The Labute approximate surface area is 188 Å². The van der Waals surface area contributed by atoms with Gasteiger partial charge in [0.15, 0.2) is 21.2 Å². The number of amides is 1. The van der Waals surface area contributed by atoms with E-state index in [0.29, 0.717) is 24.1 Å². The molecule has 0 saturated carbocycles. The third-order valence-corrected chi connectivity index (χ3v) is 8.18. The minimum absolute atomic E-state index is 0.0433. The number of nitrogens with one attached hydrogen (secondary N) is 1. The molecule has 170 valence electrons. The maximum Gasteiger partial charge on any atom is 0.287 e. The van der Waals surface area contributed by atoms with Crippen molar-refractivity contribution in [1.82, 2.24) is 20.2 Å². The van der Waals surface area contributed by atoms with Crippen LogP contribution in [0.5, 0.6) is 0 Å². The lowest BCUT2D eigenvalue weighted by Crippen LogP contribution is -2.48. The van der Waals surface area contributed by atoms with Crippen molar-refractivity contribution in [3.05, 3.63) is 54.3 Å². The van der Waals surface area contributed by atoms with Crippen molar-refractivity contribution in [2.45, 2.75) is 55.8 Å². The van der Waals surface area contributed by atoms with Gasteiger partial charge in [-0.25, -0.2) is 8.42 Å². The first kappa shape index (κ1) is 22.4. The molecule has 0 spiro atoms. The van der Waals surface area contributed by atoms with Gasteiger partial charge in [0.05, 0.1) is 28.6 Å². The van der Waals surface area contributed by atoms with Gasteiger partial charge < -0.3 is 9.73 Å². The zero-order valence-electron chi connectivity index (χ0n) is 18.5. The summed E-state index contributed by atoms with van der Waals surface area (Å²) < 4.78 is 31.6. The van der Waals surface area contributed by atoms with Crippen molar-refractivity contribution < 1.29 is 17.6 Å². The van der Waals surface area contributed by atoms with Crippen molar-refractivity contribution in [2.24, 2.45) is 0 Å². The summed E-state index contributed by atoms with van der Waals surface area (Å²) in [5.74, 6) is -0.181. The average molecular weight is 457 g/mol. The summed E-state index contributed by atoms with van der Waals surface area (Å²) in [7, 11) is -3.43. The molecule has 4 rings (SSSR count). The van der Waals surface area contributed by atoms with Crippen molar-refractivity contribution in [3.8, 4) is 0 Å². The van der Waals surface area contributed by atoms with Crippen LogP contribution in [-0.4, -0.2) is 53.1 Å². The second-order valence-corrected chi connectivity index (χ2v) is 11.3. The van der Waals surface area contributed by atoms with Crippen LogP contribution < -0.4 is 5.32 Å². The molecule has 1 aliphatic rings. The normalized spacial score (nSPS) is 16.3. The van der Waals surface area contributed by atoms with Crippen LogP contribution in [0.15, 0.2) is 52.2 Å². The number of sulfone groups is 1. The molecule has 3 aromatic heterocycles. The highest BCUT2D eigenvalue weighted by atomic mass is 32.2. The maximum atomic E-state index is 13.0. The Morgan fingerprint density at radius 2 is 1.94 bits per heavy atom. The lowest BCUT2D eigenvalue weighted by molar-refractivity contribution is 0.0924. The van der Waals surface area contributed by atoms with Gasteiger partial charge in [-0.05, 0) is 71.0 Å². The third kappa shape index (κ3) is 4.68. The second kappa shape index (κ2) is 8.63. The van der Waals surface area contributed by atoms with E-state index in [0.717, 1.165) is 18.5 Å². The van der Waals surface area contributed by atoms with Crippen molar-refractivity contribution in [1.29, 1.82) is 0 Å². The minimum Gasteiger partial charge on any atom is -0.449 e. The number of likely N-dealkylation sites (tertiary alicyclic amines) is 1. The van der Waals surface area contributed by atoms with Crippen molar-refractivity contribution >= 4 is 26.7 Å². The first-order chi connectivity index (χ1) is 15.1. The SMILES string of the molecule is CC(C)(C)N1CCC(S(=O)(=O)c2ccc(CNC(=O)c3cc4ccncc4o3)nc2)CC1. The molecule has 9 heteroatoms. The molecule has 0 atom stereocenters. The second-order valence-electron chi connectivity index (χ2n) is 9.09. The molecule has 1 fully saturated rings. The number of pyridine rings is 2. The van der Waals surface area contributed by atoms with Crippen LogP contribution in [0.1, 0.15) is 49.9 Å². The number of carbonyl (C=O) groups is 1. The van der Waals surface area contributed by atoms with E-state index in [1.54, 1.807) is 36.7 Å². The van der Waals surface area contributed by atoms with Crippen LogP contribution in [0.4, 0.5) is 0 Å². The minimum atomic E-state index is -3.43. The molecule has 1 saturated heterocycles. The number of carbonyl (C=O) groups excluding carboxylic acids is 1. The first-order valence-corrected chi connectivity index (χ1v) is 12.2. The molecular weight excluding hydrogens is 428 g/mol. The van der Waals surface area contributed by atoms with Crippen LogP contribution in [0.25, 0.3) is 11.0 Å². The Morgan fingerprint density at radius 1 is 1.19 bits per heavy atom. The molecule has 0 radical (unpaired) electrons. The quantitative estimate of drug-likeness (QED) is 0.628. The Bertz CT molecular complexity index is 1170. The van der Waals surface area contributed by atoms with E-state index in [9.17, 15) is 13.2 Å². The summed E-state index contributed by atoms with van der Waals surface area (Å²) in [6, 6.07) is 6.64. The zero-order chi connectivity index (χ0) is 22.9. The van der Waals surface area contributed by atoms with Gasteiger partial charge >= 0.3 is 0 Å². The summed E-state index contributed by atoms with van der Waals surface area (Å²) in [5.41, 5.74) is 1.15. The molecule has 0 aliphatic carbocycles. The Balaban J connectivity index is 1.37. The number of rotatable bonds is 5. The number of piperidine rings is 1. The van der Waals surface area contributed by atoms with Crippen LogP contribution in [0.2, 0.25) is 0 Å². The molecule has 1 amide bonds. The van der Waals surface area contributed by atoms with Gasteiger partial charge in [0.2, 0.25) is 0 Å². The Hall–Kier alpha value is -2.78. The summed E-state index contributed by atoms with van der Waals surface area (Å²) in [6.45, 7) is 8.14. The molecule has 4 heterocycles. The smallest absolute Gasteiger partial charge is 0.287 e. The fourth-order valence-corrected chi connectivity index (χ4v) is 5.64. The van der Waals surface area contributed by atoms with Crippen molar-refractivity contribution in [2.75, 3.05) is 13.1 Å². The monoisotopic (exact) mass is 456 g/mol. The van der Waals surface area contributed by atoms with E-state index in [1.807, 2.05) is 0 Å². The highest BCUT2D eigenvalue weighted by molar-refractivity contribution is 7.92. The van der Waals surface area contributed by atoms with Gasteiger partial charge in [0, 0.05) is 23.3 Å². The topological polar surface area (TPSA) is 105 Å². The third-order valence-electron chi connectivity index (χ3n) is 5.93. The lowest BCUT2D eigenvalue weighted by Gasteiger charge is -2.40. The standard InChI is InChI=1S/C23H28N4O4S/c1-23(2,3)27-10-7-18(8-11-27)32(29,30)19-5-4-17(25-14-19)13-26-22(28)20-12-16-6-9-24-15-21(16)31-20/h4-6,9,12,14-15,18H,7-8,10-11,13H2,1-3H3,(H,26,28). The molecule has 0 unspecified atom stereocenters. The molecule has 0 aromatic carbocycles. The molecule has 3 aromatic rings. The number of fused-ring (bicyclic) bond motifs is 1. The highest BCUT2D eigenvalue weighted by Gasteiger charge is 2.34. The number of aromatic nitrogens is 2. The Kier molecular flexibility index (Phi) is 6.05. The highest BCUT2D eigenvalue weighted by Crippen LogP contribution is 2.27. The number of furan rings is 1. The predicted molar refractivity (Wildman–Crippen MR) is 121 cm³/mol. The summed E-state index contributed by atoms with van der Waals surface area (Å²) in [5, 5.41) is 3.15. The van der Waals surface area contributed by atoms with Crippen LogP contribution in [0.3, 0.4) is 0 Å². The fraction of sp³-hybridized carbons (Fsp3) is 0.435. The number of hydrogen-bond acceptors (Lipinski definition) is 7. The van der Waals surface area contributed by atoms with Gasteiger partial charge in [-0.15, -0.1) is 0 Å². The predicted octanol–water partition coefficient (Wildman–Crippen LogP) is 3.19. The van der Waals surface area contributed by atoms with Gasteiger partial charge in [-0.2, -0.15) is 0 Å². The molecule has 32 heavy (non-hydrogen) atoms. The van der Waals surface area contributed by atoms with Gasteiger partial charge in [0.25, 0.3) is 5.91 Å². The van der Waals surface area contributed by atoms with E-state index in [1.165, 1.54) is 6.20 Å². The fourth-order valence-electron chi connectivity index (χ4n) is 3.97. The lowest BCUT2D eigenvalue weighted by atomic mass is 10.0. The molecule has 1 N–H and O–H groups in total. The zero-order valence-corrected chi connectivity index (χ0v) is 19.4. The van der Waals surface area contributed by atoms with E-state index < -0.39 is 15.1 Å². The Morgan fingerprint density at radius 3 is 2.56 bits per heavy atom. The van der Waals surface area contributed by atoms with E-state index in [2.05, 4.69) is 41.0 Å². The van der Waals surface area contributed by atoms with E-state index in [4.69, 9.17) is 4.42 Å². The van der Waals surface area contributed by atoms with Crippen molar-refractivity contribution in [3.63, 3.8) is 0 Å². The molecule has 8 nitrogen and oxygen atoms in total. The first-order valence-electron chi connectivity index (χ1n) is 10.7. The van der Waals surface area contributed by atoms with Crippen LogP contribution in [-0.2, 0) is 16.4 Å². The number of nitrogens with zero attached hydrogens (tertiary/aromatic N) is 3. The van der Waals surface area contributed by atoms with Gasteiger partial charge in [0.1, 0.15) is 0 Å². The maximum absolute atomic E-state index is 13.0. The van der Waals surface area contributed by atoms with Gasteiger partial charge in [-0.1, -0.05) is 0 Å². The van der Waals surface area contributed by atoms with E-state index >= 15 is 0 Å². The van der Waals surface area contributed by atoms with Gasteiger partial charge in [-0.3, -0.25) is 19.7 Å². The molecule has 0 bridgehead atoms. The summed E-state index contributed by atoms with van der Waals surface area (Å²) in [4.78, 5) is 23.1. The van der Waals surface area contributed by atoms with E-state index in [-0.39, 0.29) is 28.6 Å². The molecular formula is C23H28N4O4S. The summed E-state index contributed by atoms with van der Waals surface area (Å²) in [6.07, 6.45) is 5.81. The molecule has 1 aliphatic heterocycles. The average Bonchev–Trinajstić information content (AvgIpc) is 3.22. The summed E-state index contributed by atoms with van der Waals surface area (Å²) >= 11 is 0. The largest absolute Gasteiger partial charge is 0.449 e. The number of hydrogen-bond donors (Lipinski definition) is 1. The van der Waals surface area contributed by atoms with Crippen LogP contribution in [0, 0.1) is 0 Å². The van der Waals surface area contributed by atoms with Crippen LogP contribution >= 0.6 is 0 Å².